The summed E-state index contributed by atoms with van der Waals surface area (Å²) in [5.41, 5.74) is 7.99. The summed E-state index contributed by atoms with van der Waals surface area (Å²) < 4.78 is 0. The number of hydrogen-bond acceptors (Lipinski definition) is 4. The Morgan fingerprint density at radius 1 is 1.67 bits per heavy atom. The fraction of sp³-hybridized carbons (Fsp3) is 0.143. The molecular weight excluding hydrogens is 220 g/mol. The van der Waals surface area contributed by atoms with E-state index >= 15 is 0 Å². The van der Waals surface area contributed by atoms with Crippen molar-refractivity contribution in [3.8, 4) is 0 Å². The fourth-order valence-corrected chi connectivity index (χ4v) is 1.63. The Morgan fingerprint density at radius 2 is 2.40 bits per heavy atom. The molecule has 0 radical (unpaired) electrons. The molecule has 1 aromatic rings. The molecule has 0 spiro atoms. The van der Waals surface area contributed by atoms with Crippen molar-refractivity contribution in [3.63, 3.8) is 0 Å². The number of amides is 1. The minimum absolute atomic E-state index is 0.0225. The van der Waals surface area contributed by atoms with Crippen LogP contribution in [0.2, 0.25) is 0 Å². The zero-order chi connectivity index (χ0) is 11.3. The third-order valence-electron chi connectivity index (χ3n) is 1.43. The number of aromatic carboxylic acids is 1. The third-order valence-corrected chi connectivity index (χ3v) is 2.26. The van der Waals surface area contributed by atoms with E-state index in [0.717, 1.165) is 11.3 Å². The van der Waals surface area contributed by atoms with E-state index in [1.54, 1.807) is 5.38 Å². The number of carboxylic acids is 1. The van der Waals surface area contributed by atoms with Gasteiger partial charge in [0.25, 0.3) is 0 Å². The SMILES string of the molecule is [N-]=[N+]=NCC(=O)Nc1sccc1C(=O)O. The summed E-state index contributed by atoms with van der Waals surface area (Å²) in [5, 5.41) is 15.9. The molecule has 7 nitrogen and oxygen atoms in total. The predicted molar refractivity (Wildman–Crippen MR) is 53.9 cm³/mol. The molecule has 8 heteroatoms. The second kappa shape index (κ2) is 4.99. The van der Waals surface area contributed by atoms with Crippen LogP contribution in [0.15, 0.2) is 16.6 Å². The van der Waals surface area contributed by atoms with E-state index in [2.05, 4.69) is 15.3 Å². The lowest BCUT2D eigenvalue weighted by Gasteiger charge is -2.00. The maximum absolute atomic E-state index is 11.1. The maximum atomic E-state index is 11.1. The molecule has 78 valence electrons. The highest BCUT2D eigenvalue weighted by molar-refractivity contribution is 7.14. The zero-order valence-electron chi connectivity index (χ0n) is 7.38. The molecule has 1 aromatic heterocycles. The van der Waals surface area contributed by atoms with E-state index < -0.39 is 11.9 Å². The van der Waals surface area contributed by atoms with Crippen LogP contribution in [0.4, 0.5) is 5.00 Å². The normalized spacial score (nSPS) is 9.07. The van der Waals surface area contributed by atoms with Crippen molar-refractivity contribution in [3.05, 3.63) is 27.5 Å². The number of nitrogens with one attached hydrogen (secondary N) is 1. The number of carboxylic acid groups (broad SMARTS) is 1. The van der Waals surface area contributed by atoms with Crippen LogP contribution in [-0.2, 0) is 4.79 Å². The van der Waals surface area contributed by atoms with Gasteiger partial charge < -0.3 is 10.4 Å². The molecule has 0 aliphatic heterocycles. The smallest absolute Gasteiger partial charge is 0.338 e. The van der Waals surface area contributed by atoms with Gasteiger partial charge in [-0.3, -0.25) is 4.79 Å². The first kappa shape index (κ1) is 11.0. The molecule has 0 aliphatic carbocycles. The Balaban J connectivity index is 2.72. The molecule has 1 amide bonds. The minimum Gasteiger partial charge on any atom is -0.478 e. The van der Waals surface area contributed by atoms with E-state index in [-0.39, 0.29) is 17.1 Å². The van der Waals surface area contributed by atoms with Gasteiger partial charge in [-0.1, -0.05) is 5.11 Å². The van der Waals surface area contributed by atoms with Gasteiger partial charge in [0.05, 0.1) is 5.56 Å². The van der Waals surface area contributed by atoms with E-state index in [1.165, 1.54) is 6.07 Å². The number of carbonyl (C=O) groups excluding carboxylic acids is 1. The molecule has 0 fully saturated rings. The van der Waals surface area contributed by atoms with Gasteiger partial charge in [0, 0.05) is 4.91 Å². The van der Waals surface area contributed by atoms with Gasteiger partial charge in [-0.2, -0.15) is 0 Å². The number of rotatable bonds is 4. The number of nitrogens with zero attached hydrogens (tertiary/aromatic N) is 3. The summed E-state index contributed by atoms with van der Waals surface area (Å²) in [5.74, 6) is -1.66. The lowest BCUT2D eigenvalue weighted by atomic mass is 10.3. The Kier molecular flexibility index (Phi) is 3.67. The Labute approximate surface area is 88.0 Å². The van der Waals surface area contributed by atoms with Crippen molar-refractivity contribution in [1.29, 1.82) is 0 Å². The lowest BCUT2D eigenvalue weighted by molar-refractivity contribution is -0.114. The fourth-order valence-electron chi connectivity index (χ4n) is 0.836. The van der Waals surface area contributed by atoms with Crippen LogP contribution in [0.25, 0.3) is 10.4 Å². The van der Waals surface area contributed by atoms with Gasteiger partial charge in [-0.15, -0.1) is 11.3 Å². The predicted octanol–water partition coefficient (Wildman–Crippen LogP) is 1.70. The summed E-state index contributed by atoms with van der Waals surface area (Å²) in [6.07, 6.45) is 0. The van der Waals surface area contributed by atoms with Gasteiger partial charge in [-0.05, 0) is 17.0 Å². The number of thiophene rings is 1. The first-order valence-electron chi connectivity index (χ1n) is 3.76. The summed E-state index contributed by atoms with van der Waals surface area (Å²) in [7, 11) is 0. The van der Waals surface area contributed by atoms with Gasteiger partial charge >= 0.3 is 5.97 Å². The van der Waals surface area contributed by atoms with Crippen LogP contribution in [0, 0.1) is 0 Å². The van der Waals surface area contributed by atoms with E-state index in [0.29, 0.717) is 0 Å². The molecule has 2 N–H and O–H groups in total. The minimum atomic E-state index is -1.12. The van der Waals surface area contributed by atoms with Crippen LogP contribution < -0.4 is 5.32 Å². The van der Waals surface area contributed by atoms with Crippen molar-refractivity contribution in [2.75, 3.05) is 11.9 Å². The average molecular weight is 226 g/mol. The van der Waals surface area contributed by atoms with Crippen LogP contribution >= 0.6 is 11.3 Å². The zero-order valence-corrected chi connectivity index (χ0v) is 8.19. The monoisotopic (exact) mass is 226 g/mol. The summed E-state index contributed by atoms with van der Waals surface area (Å²) in [6.45, 7) is -0.354. The number of hydrogen-bond donors (Lipinski definition) is 2. The highest BCUT2D eigenvalue weighted by atomic mass is 32.1. The van der Waals surface area contributed by atoms with Crippen LogP contribution in [0.5, 0.6) is 0 Å². The van der Waals surface area contributed by atoms with Crippen LogP contribution in [-0.4, -0.2) is 23.5 Å². The number of carbonyl (C=O) groups is 2. The molecule has 0 atom stereocenters. The molecular formula is C7H6N4O3S. The second-order valence-corrected chi connectivity index (χ2v) is 3.32. The topological polar surface area (TPSA) is 115 Å². The molecule has 1 heterocycles. The van der Waals surface area contributed by atoms with Crippen molar-refractivity contribution in [2.45, 2.75) is 0 Å². The highest BCUT2D eigenvalue weighted by Crippen LogP contribution is 2.22. The highest BCUT2D eigenvalue weighted by Gasteiger charge is 2.12. The van der Waals surface area contributed by atoms with Gasteiger partial charge in [0.1, 0.15) is 11.5 Å². The molecule has 1 rings (SSSR count). The van der Waals surface area contributed by atoms with E-state index in [1.807, 2.05) is 0 Å². The first-order valence-corrected chi connectivity index (χ1v) is 4.64. The van der Waals surface area contributed by atoms with E-state index in [4.69, 9.17) is 10.6 Å². The Morgan fingerprint density at radius 3 is 3.00 bits per heavy atom. The molecule has 0 saturated carbocycles. The number of azide groups is 1. The lowest BCUT2D eigenvalue weighted by Crippen LogP contribution is -2.15. The van der Waals surface area contributed by atoms with Crippen molar-refractivity contribution < 1.29 is 14.7 Å². The van der Waals surface area contributed by atoms with E-state index in [9.17, 15) is 9.59 Å². The van der Waals surface area contributed by atoms with Crippen LogP contribution in [0.1, 0.15) is 10.4 Å². The van der Waals surface area contributed by atoms with Crippen molar-refractivity contribution in [2.24, 2.45) is 5.11 Å². The standard InChI is InChI=1S/C7H6N4O3S/c8-11-9-3-5(12)10-6-4(7(13)14)1-2-15-6/h1-2H,3H2,(H,10,12)(H,13,14). The molecule has 0 unspecified atom stereocenters. The molecule has 15 heavy (non-hydrogen) atoms. The average Bonchev–Trinajstić information content (AvgIpc) is 2.62. The van der Waals surface area contributed by atoms with Crippen LogP contribution in [0.3, 0.4) is 0 Å². The molecule has 0 aromatic carbocycles. The Hall–Kier alpha value is -2.05. The summed E-state index contributed by atoms with van der Waals surface area (Å²) in [6, 6.07) is 1.39. The first-order chi connectivity index (χ1) is 7.15. The molecule has 0 aliphatic rings. The number of anilines is 1. The quantitative estimate of drug-likeness (QED) is 0.462. The maximum Gasteiger partial charge on any atom is 0.338 e. The summed E-state index contributed by atoms with van der Waals surface area (Å²) in [4.78, 5) is 24.1. The largest absolute Gasteiger partial charge is 0.478 e. The van der Waals surface area contributed by atoms with Crippen molar-refractivity contribution in [1.82, 2.24) is 0 Å². The van der Waals surface area contributed by atoms with Crippen molar-refractivity contribution >= 4 is 28.2 Å². The third kappa shape index (κ3) is 2.97. The van der Waals surface area contributed by atoms with Gasteiger partial charge in [0.2, 0.25) is 5.91 Å². The second-order valence-electron chi connectivity index (χ2n) is 2.41. The Bertz CT molecular complexity index is 435. The molecule has 0 bridgehead atoms. The molecule has 0 saturated heterocycles. The van der Waals surface area contributed by atoms with Gasteiger partial charge in [0.15, 0.2) is 0 Å². The summed E-state index contributed by atoms with van der Waals surface area (Å²) >= 11 is 1.09. The van der Waals surface area contributed by atoms with Gasteiger partial charge in [-0.25, -0.2) is 4.79 Å².